The van der Waals surface area contributed by atoms with Gasteiger partial charge in [-0.15, -0.1) is 0 Å². The zero-order valence-corrected chi connectivity index (χ0v) is 63.4. The van der Waals surface area contributed by atoms with E-state index in [0.29, 0.717) is 6.42 Å². The number of rotatable bonds is 79. The topological polar surface area (TPSA) is 134 Å². The zero-order valence-electron chi connectivity index (χ0n) is 62.5. The molecule has 0 rings (SSSR count). The molecule has 0 aliphatic rings. The van der Waals surface area contributed by atoms with Crippen LogP contribution in [-0.2, 0) is 32.7 Å². The minimum absolute atomic E-state index is 0.0557. The summed E-state index contributed by atoms with van der Waals surface area (Å²) in [4.78, 5) is 35.5. The van der Waals surface area contributed by atoms with Crippen LogP contribution in [0.25, 0.3) is 0 Å². The molecule has 552 valence electrons. The number of phosphoric ester groups is 1. The van der Waals surface area contributed by atoms with Crippen molar-refractivity contribution in [3.63, 3.8) is 0 Å². The highest BCUT2D eigenvalue weighted by Gasteiger charge is 2.26. The predicted octanol–water partition coefficient (Wildman–Crippen LogP) is 27.7. The monoisotopic (exact) mass is 1340 g/mol. The summed E-state index contributed by atoms with van der Waals surface area (Å²) in [6.07, 6.45) is 105. The number of carbonyl (C=O) groups is 2. The van der Waals surface area contributed by atoms with Gasteiger partial charge in [-0.25, -0.2) is 4.57 Å². The zero-order chi connectivity index (χ0) is 67.9. The van der Waals surface area contributed by atoms with Crippen molar-refractivity contribution in [1.29, 1.82) is 0 Å². The van der Waals surface area contributed by atoms with Gasteiger partial charge in [0.15, 0.2) is 6.10 Å². The first-order chi connectivity index (χ1) is 46.3. The van der Waals surface area contributed by atoms with Crippen molar-refractivity contribution in [2.45, 2.75) is 437 Å². The molecule has 94 heavy (non-hydrogen) atoms. The largest absolute Gasteiger partial charge is 0.472 e. The molecule has 0 heterocycles. The van der Waals surface area contributed by atoms with Crippen LogP contribution >= 0.6 is 7.82 Å². The SMILES string of the molecule is CC/C=C\C/C=C\C/C=C\C/C=C\C/C=C\CCCCCCCCCCCCCCCCCCCCCCCC(=O)OC(COC(=O)CCCCCCCCCCCCCCCCCCCCCCCCCCCCCCCCCCCCCC)COP(=O)(O)OCCN. The van der Waals surface area contributed by atoms with Crippen LogP contribution in [0.15, 0.2) is 60.8 Å². The smallest absolute Gasteiger partial charge is 0.462 e. The second-order valence-electron chi connectivity index (χ2n) is 28.0. The third-order valence-electron chi connectivity index (χ3n) is 18.7. The molecule has 0 aromatic rings. The van der Waals surface area contributed by atoms with Gasteiger partial charge in [0.1, 0.15) is 6.61 Å². The van der Waals surface area contributed by atoms with Gasteiger partial charge in [0.2, 0.25) is 0 Å². The normalized spacial score (nSPS) is 13.1. The first-order valence-electron chi connectivity index (χ1n) is 41.3. The lowest BCUT2D eigenvalue weighted by molar-refractivity contribution is -0.161. The summed E-state index contributed by atoms with van der Waals surface area (Å²) in [5.41, 5.74) is 5.42. The molecule has 2 atom stereocenters. The van der Waals surface area contributed by atoms with Crippen molar-refractivity contribution in [3.05, 3.63) is 60.8 Å². The summed E-state index contributed by atoms with van der Waals surface area (Å²) in [5, 5.41) is 0. The molecule has 0 bridgehead atoms. The summed E-state index contributed by atoms with van der Waals surface area (Å²) in [7, 11) is -4.40. The van der Waals surface area contributed by atoms with Crippen LogP contribution in [0.1, 0.15) is 431 Å². The summed E-state index contributed by atoms with van der Waals surface area (Å²) in [6, 6.07) is 0. The van der Waals surface area contributed by atoms with Gasteiger partial charge >= 0.3 is 19.8 Å². The van der Waals surface area contributed by atoms with Gasteiger partial charge in [-0.05, 0) is 57.8 Å². The fourth-order valence-electron chi connectivity index (χ4n) is 12.6. The second-order valence-corrected chi connectivity index (χ2v) is 29.4. The van der Waals surface area contributed by atoms with Crippen LogP contribution < -0.4 is 5.73 Å². The summed E-state index contributed by atoms with van der Waals surface area (Å²) in [5.74, 6) is -0.802. The predicted molar refractivity (Wildman–Crippen MR) is 409 cm³/mol. The van der Waals surface area contributed by atoms with E-state index >= 15 is 0 Å². The molecule has 0 aliphatic heterocycles. The Balaban J connectivity index is 3.74. The number of nitrogens with two attached hydrogens (primary N) is 1. The van der Waals surface area contributed by atoms with E-state index in [2.05, 4.69) is 74.6 Å². The summed E-state index contributed by atoms with van der Waals surface area (Å²) < 4.78 is 33.3. The molecule has 10 heteroatoms. The summed E-state index contributed by atoms with van der Waals surface area (Å²) in [6.45, 7) is 3.72. The fraction of sp³-hybridized carbons (Fsp3) is 0.857. The number of hydrogen-bond donors (Lipinski definition) is 2. The van der Waals surface area contributed by atoms with Gasteiger partial charge in [0.05, 0.1) is 13.2 Å². The number of unbranched alkanes of at least 4 members (excludes halogenated alkanes) is 56. The van der Waals surface area contributed by atoms with Gasteiger partial charge in [0, 0.05) is 19.4 Å². The molecule has 0 spiro atoms. The number of ether oxygens (including phenoxy) is 2. The van der Waals surface area contributed by atoms with Crippen LogP contribution in [0.4, 0.5) is 0 Å². The molecule has 0 fully saturated rings. The van der Waals surface area contributed by atoms with E-state index < -0.39 is 26.5 Å². The number of allylic oxidation sites excluding steroid dienone is 10. The molecule has 0 radical (unpaired) electrons. The van der Waals surface area contributed by atoms with E-state index in [1.165, 1.54) is 334 Å². The van der Waals surface area contributed by atoms with Gasteiger partial charge in [-0.1, -0.05) is 421 Å². The van der Waals surface area contributed by atoms with Crippen molar-refractivity contribution in [1.82, 2.24) is 0 Å². The van der Waals surface area contributed by atoms with Gasteiger partial charge in [-0.2, -0.15) is 0 Å². The van der Waals surface area contributed by atoms with Gasteiger partial charge in [0.25, 0.3) is 0 Å². The quantitative estimate of drug-likeness (QED) is 0.0264. The molecule has 0 saturated carbocycles. The van der Waals surface area contributed by atoms with Gasteiger partial charge < -0.3 is 20.1 Å². The van der Waals surface area contributed by atoms with Crippen molar-refractivity contribution >= 4 is 19.8 Å². The Morgan fingerprint density at radius 2 is 0.585 bits per heavy atom. The maximum atomic E-state index is 12.8. The lowest BCUT2D eigenvalue weighted by Gasteiger charge is -2.19. The van der Waals surface area contributed by atoms with E-state index in [0.717, 1.165) is 64.2 Å². The van der Waals surface area contributed by atoms with Crippen molar-refractivity contribution in [2.24, 2.45) is 5.73 Å². The number of esters is 2. The molecule has 9 nitrogen and oxygen atoms in total. The highest BCUT2D eigenvalue weighted by atomic mass is 31.2. The minimum Gasteiger partial charge on any atom is -0.462 e. The Kier molecular flexibility index (Phi) is 77.8. The molecule has 0 aliphatic carbocycles. The molecule has 0 amide bonds. The van der Waals surface area contributed by atoms with Crippen LogP contribution in [0.5, 0.6) is 0 Å². The van der Waals surface area contributed by atoms with Crippen LogP contribution in [0.2, 0.25) is 0 Å². The van der Waals surface area contributed by atoms with E-state index in [4.69, 9.17) is 24.3 Å². The van der Waals surface area contributed by atoms with E-state index in [1.807, 2.05) is 0 Å². The molecule has 2 unspecified atom stereocenters. The highest BCUT2D eigenvalue weighted by Crippen LogP contribution is 2.43. The summed E-state index contributed by atoms with van der Waals surface area (Å²) >= 11 is 0. The third kappa shape index (κ3) is 78.7. The Bertz CT molecular complexity index is 1730. The van der Waals surface area contributed by atoms with Crippen LogP contribution in [0, 0.1) is 0 Å². The minimum atomic E-state index is -4.40. The standard InChI is InChI=1S/C84H158NO8P/c1-3-5-7-9-11-13-15-17-19-21-23-25-27-29-31-33-35-37-39-41-43-45-47-49-51-53-55-57-59-61-63-65-67-69-71-73-75-77-84(87)93-82(81-92-94(88,89)91-79-78-85)80-90-83(86)76-74-72-70-68-66-64-62-60-58-56-54-52-50-48-46-44-42-40-38-36-34-32-30-28-26-24-22-20-18-16-14-12-10-8-6-4-2/h5,7,11,13,17,19,23,25,29,31,82H,3-4,6,8-10,12,14-16,18,20-22,24,26-28,30,32-81,85H2,1-2H3,(H,88,89)/b7-5-,13-11-,19-17-,25-23-,31-29-. The number of phosphoric acid groups is 1. The van der Waals surface area contributed by atoms with E-state index in [9.17, 15) is 19.0 Å². The molecule has 0 saturated heterocycles. The van der Waals surface area contributed by atoms with Crippen LogP contribution in [-0.4, -0.2) is 49.3 Å². The first-order valence-corrected chi connectivity index (χ1v) is 42.8. The van der Waals surface area contributed by atoms with E-state index in [-0.39, 0.29) is 38.6 Å². The lowest BCUT2D eigenvalue weighted by Crippen LogP contribution is -2.29. The number of hydrogen-bond acceptors (Lipinski definition) is 8. The molecular weight excluding hydrogens is 1180 g/mol. The molecule has 3 N–H and O–H groups in total. The van der Waals surface area contributed by atoms with Gasteiger partial charge in [-0.3, -0.25) is 18.6 Å². The van der Waals surface area contributed by atoms with Crippen molar-refractivity contribution < 1.29 is 37.6 Å². The average Bonchev–Trinajstić information content (AvgIpc) is 3.18. The maximum absolute atomic E-state index is 12.8. The average molecular weight is 1340 g/mol. The molecule has 0 aromatic carbocycles. The van der Waals surface area contributed by atoms with E-state index in [1.54, 1.807) is 0 Å². The lowest BCUT2D eigenvalue weighted by atomic mass is 10.0. The van der Waals surface area contributed by atoms with Crippen molar-refractivity contribution in [3.8, 4) is 0 Å². The third-order valence-corrected chi connectivity index (χ3v) is 19.7. The fourth-order valence-corrected chi connectivity index (χ4v) is 13.4. The molecule has 0 aromatic heterocycles. The second kappa shape index (κ2) is 79.7. The maximum Gasteiger partial charge on any atom is 0.472 e. The Morgan fingerprint density at radius 1 is 0.330 bits per heavy atom. The molecular formula is C84H158NO8P. The van der Waals surface area contributed by atoms with Crippen molar-refractivity contribution in [2.75, 3.05) is 26.4 Å². The highest BCUT2D eigenvalue weighted by molar-refractivity contribution is 7.47. The van der Waals surface area contributed by atoms with Crippen LogP contribution in [0.3, 0.4) is 0 Å². The Morgan fingerprint density at radius 3 is 0.872 bits per heavy atom. The first kappa shape index (κ1) is 91.7. The Labute approximate surface area is 584 Å². The Hall–Kier alpha value is -2.29. The number of carbonyl (C=O) groups excluding carboxylic acids is 2.